The van der Waals surface area contributed by atoms with Crippen LogP contribution in [0.3, 0.4) is 0 Å². The van der Waals surface area contributed by atoms with E-state index < -0.39 is 24.4 Å². The Morgan fingerprint density at radius 2 is 2.00 bits per heavy atom. The summed E-state index contributed by atoms with van der Waals surface area (Å²) in [6, 6.07) is 0.882. The highest BCUT2D eigenvalue weighted by Gasteiger charge is 2.33. The predicted octanol–water partition coefficient (Wildman–Crippen LogP) is 3.82. The first-order valence-electron chi connectivity index (χ1n) is 4.46. The molecule has 3 nitrogen and oxygen atoms in total. The molecule has 0 aliphatic heterocycles. The average molecular weight is 336 g/mol. The Balaban J connectivity index is 3.27. The Morgan fingerprint density at radius 3 is 2.39 bits per heavy atom. The molecule has 0 amide bonds. The number of hydrogen-bond donors (Lipinski definition) is 0. The number of ether oxygens (including phenoxy) is 2. The number of alkyl halides is 6. The zero-order valence-electron chi connectivity index (χ0n) is 8.89. The molecule has 102 valence electrons. The second-order valence-corrected chi connectivity index (χ2v) is 3.58. The monoisotopic (exact) mass is 335 g/mol. The Labute approximate surface area is 107 Å². The lowest BCUT2D eigenvalue weighted by molar-refractivity contribution is -0.276. The number of pyridine rings is 1. The fraction of sp³-hybridized carbons (Fsp3) is 0.444. The molecule has 0 fully saturated rings. The van der Waals surface area contributed by atoms with Gasteiger partial charge in [0, 0.05) is 17.0 Å². The average Bonchev–Trinajstić information content (AvgIpc) is 2.25. The zero-order valence-corrected chi connectivity index (χ0v) is 10.5. The maximum atomic E-state index is 12.6. The molecule has 18 heavy (non-hydrogen) atoms. The van der Waals surface area contributed by atoms with Gasteiger partial charge in [-0.25, -0.2) is 13.8 Å². The van der Waals surface area contributed by atoms with Crippen LogP contribution >= 0.6 is 15.9 Å². The van der Waals surface area contributed by atoms with Crippen LogP contribution in [0.1, 0.15) is 17.7 Å². The van der Waals surface area contributed by atoms with E-state index in [-0.39, 0.29) is 16.6 Å². The van der Waals surface area contributed by atoms with E-state index in [9.17, 15) is 22.0 Å². The molecule has 0 atom stereocenters. The van der Waals surface area contributed by atoms with Gasteiger partial charge in [-0.15, -0.1) is 13.2 Å². The molecule has 1 aromatic heterocycles. The van der Waals surface area contributed by atoms with Gasteiger partial charge in [-0.3, -0.25) is 0 Å². The molecule has 0 aromatic carbocycles. The molecule has 0 radical (unpaired) electrons. The van der Waals surface area contributed by atoms with Gasteiger partial charge >= 0.3 is 6.36 Å². The highest BCUT2D eigenvalue weighted by molar-refractivity contribution is 9.08. The van der Waals surface area contributed by atoms with Gasteiger partial charge in [0.05, 0.1) is 7.11 Å². The summed E-state index contributed by atoms with van der Waals surface area (Å²) in [4.78, 5) is 3.10. The summed E-state index contributed by atoms with van der Waals surface area (Å²) in [6.45, 7) is 0. The SMILES string of the molecule is COc1c(CBr)cc(OC(F)(F)F)nc1C(F)F. The molecule has 0 N–H and O–H groups in total. The van der Waals surface area contributed by atoms with Crippen LogP contribution in [0.2, 0.25) is 0 Å². The van der Waals surface area contributed by atoms with E-state index in [0.717, 1.165) is 13.2 Å². The maximum absolute atomic E-state index is 12.6. The third-order valence-corrected chi connectivity index (χ3v) is 2.43. The van der Waals surface area contributed by atoms with Gasteiger partial charge < -0.3 is 9.47 Å². The number of nitrogens with zero attached hydrogens (tertiary/aromatic N) is 1. The van der Waals surface area contributed by atoms with E-state index >= 15 is 0 Å². The van der Waals surface area contributed by atoms with E-state index in [1.165, 1.54) is 0 Å². The van der Waals surface area contributed by atoms with Crippen molar-refractivity contribution >= 4 is 15.9 Å². The van der Waals surface area contributed by atoms with E-state index in [0.29, 0.717) is 0 Å². The van der Waals surface area contributed by atoms with Gasteiger partial charge in [0.2, 0.25) is 5.88 Å². The predicted molar refractivity (Wildman–Crippen MR) is 55.1 cm³/mol. The number of hydrogen-bond acceptors (Lipinski definition) is 3. The smallest absolute Gasteiger partial charge is 0.494 e. The molecule has 0 spiro atoms. The van der Waals surface area contributed by atoms with Crippen LogP contribution in [-0.4, -0.2) is 18.5 Å². The molecule has 0 aliphatic rings. The molecule has 1 aromatic rings. The van der Waals surface area contributed by atoms with Crippen LogP contribution in [-0.2, 0) is 5.33 Å². The van der Waals surface area contributed by atoms with Gasteiger partial charge in [0.1, 0.15) is 0 Å². The first-order valence-corrected chi connectivity index (χ1v) is 5.58. The van der Waals surface area contributed by atoms with Crippen LogP contribution in [0, 0.1) is 0 Å². The second kappa shape index (κ2) is 5.68. The van der Waals surface area contributed by atoms with Gasteiger partial charge in [-0.2, -0.15) is 0 Å². The lowest BCUT2D eigenvalue weighted by atomic mass is 10.2. The first kappa shape index (κ1) is 14.9. The molecular weight excluding hydrogens is 329 g/mol. The molecule has 9 heteroatoms. The largest absolute Gasteiger partial charge is 0.574 e. The van der Waals surface area contributed by atoms with Gasteiger partial charge in [-0.1, -0.05) is 15.9 Å². The fourth-order valence-electron chi connectivity index (χ4n) is 1.23. The van der Waals surface area contributed by atoms with Crippen molar-refractivity contribution in [2.24, 2.45) is 0 Å². The minimum absolute atomic E-state index is 0.0205. The minimum Gasteiger partial charge on any atom is -0.494 e. The molecule has 1 rings (SSSR count). The standard InChI is InChI=1S/C9H7BrF5NO2/c1-17-7-4(3-10)2-5(18-9(13,14)15)16-6(7)8(11)12/h2,8H,3H2,1H3. The summed E-state index contributed by atoms with van der Waals surface area (Å²) < 4.78 is 69.5. The van der Waals surface area contributed by atoms with E-state index in [4.69, 9.17) is 4.74 Å². The number of rotatable bonds is 4. The van der Waals surface area contributed by atoms with Crippen LogP contribution in [0.25, 0.3) is 0 Å². The quantitative estimate of drug-likeness (QED) is 0.619. The molecule has 0 unspecified atom stereocenters. The zero-order chi connectivity index (χ0) is 13.9. The third kappa shape index (κ3) is 3.69. The molecule has 0 saturated carbocycles. The van der Waals surface area contributed by atoms with Crippen LogP contribution < -0.4 is 9.47 Å². The molecule has 0 bridgehead atoms. The summed E-state index contributed by atoms with van der Waals surface area (Å²) in [5.41, 5.74) is -0.809. The Hall–Kier alpha value is -1.12. The Morgan fingerprint density at radius 1 is 1.39 bits per heavy atom. The van der Waals surface area contributed by atoms with Crippen LogP contribution in [0.15, 0.2) is 6.07 Å². The number of halogens is 6. The van der Waals surface area contributed by atoms with Crippen molar-refractivity contribution < 1.29 is 31.4 Å². The van der Waals surface area contributed by atoms with Crippen molar-refractivity contribution in [1.29, 1.82) is 0 Å². The summed E-state index contributed by atoms with van der Waals surface area (Å²) in [5.74, 6) is -1.22. The van der Waals surface area contributed by atoms with Crippen LogP contribution in [0.4, 0.5) is 22.0 Å². The van der Waals surface area contributed by atoms with Gasteiger partial charge in [0.25, 0.3) is 6.43 Å². The summed E-state index contributed by atoms with van der Waals surface area (Å²) in [6.07, 6.45) is -8.07. The van der Waals surface area contributed by atoms with Gasteiger partial charge in [-0.05, 0) is 0 Å². The fourth-order valence-corrected chi connectivity index (χ4v) is 1.65. The molecular formula is C9H7BrF5NO2. The lowest BCUT2D eigenvalue weighted by Gasteiger charge is -2.14. The van der Waals surface area contributed by atoms with Crippen molar-refractivity contribution in [1.82, 2.24) is 4.98 Å². The van der Waals surface area contributed by atoms with Crippen LogP contribution in [0.5, 0.6) is 11.6 Å². The number of methoxy groups -OCH3 is 1. The Kier molecular flexibility index (Phi) is 4.71. The molecule has 0 aliphatic carbocycles. The van der Waals surface area contributed by atoms with Crippen molar-refractivity contribution in [3.05, 3.63) is 17.3 Å². The number of aromatic nitrogens is 1. The van der Waals surface area contributed by atoms with Crippen molar-refractivity contribution in [2.75, 3.05) is 7.11 Å². The van der Waals surface area contributed by atoms with E-state index in [1.54, 1.807) is 0 Å². The van der Waals surface area contributed by atoms with E-state index in [2.05, 4.69) is 25.7 Å². The van der Waals surface area contributed by atoms with Crippen molar-refractivity contribution in [3.8, 4) is 11.6 Å². The summed E-state index contributed by atoms with van der Waals surface area (Å²) in [5, 5.41) is 0.0205. The maximum Gasteiger partial charge on any atom is 0.574 e. The highest BCUT2D eigenvalue weighted by atomic mass is 79.9. The topological polar surface area (TPSA) is 31.4 Å². The Bertz CT molecular complexity index is 424. The first-order chi connectivity index (χ1) is 8.28. The van der Waals surface area contributed by atoms with E-state index in [1.807, 2.05) is 0 Å². The highest BCUT2D eigenvalue weighted by Crippen LogP contribution is 2.35. The second-order valence-electron chi connectivity index (χ2n) is 3.02. The minimum atomic E-state index is -5.00. The summed E-state index contributed by atoms with van der Waals surface area (Å²) in [7, 11) is 1.12. The van der Waals surface area contributed by atoms with Crippen molar-refractivity contribution in [3.63, 3.8) is 0 Å². The van der Waals surface area contributed by atoms with Gasteiger partial charge in [0.15, 0.2) is 11.4 Å². The lowest BCUT2D eigenvalue weighted by Crippen LogP contribution is -2.18. The summed E-state index contributed by atoms with van der Waals surface area (Å²) >= 11 is 2.96. The normalized spacial score (nSPS) is 11.8. The van der Waals surface area contributed by atoms with Crippen molar-refractivity contribution in [2.45, 2.75) is 18.1 Å². The molecule has 0 saturated heterocycles. The third-order valence-electron chi connectivity index (χ3n) is 1.83. The molecule has 1 heterocycles.